The Morgan fingerprint density at radius 1 is 1.13 bits per heavy atom. The van der Waals surface area contributed by atoms with Crippen LogP contribution in [0.25, 0.3) is 0 Å². The van der Waals surface area contributed by atoms with E-state index in [1.165, 1.54) is 24.3 Å². The number of alkyl halides is 3. The zero-order chi connectivity index (χ0) is 17.8. The molecule has 0 saturated carbocycles. The SMILES string of the molecule is CC(C)[C@H](C)NS(=O)(=O)c1ccc(C(=O)NCC(F)(F)F)cc1. The number of sulfonamides is 1. The van der Waals surface area contributed by atoms with Crippen molar-refractivity contribution in [2.24, 2.45) is 5.92 Å². The van der Waals surface area contributed by atoms with Gasteiger partial charge < -0.3 is 5.32 Å². The summed E-state index contributed by atoms with van der Waals surface area (Å²) < 4.78 is 62.8. The summed E-state index contributed by atoms with van der Waals surface area (Å²) in [7, 11) is -3.74. The predicted molar refractivity (Wildman–Crippen MR) is 79.5 cm³/mol. The van der Waals surface area contributed by atoms with Gasteiger partial charge in [-0.1, -0.05) is 13.8 Å². The number of hydrogen-bond donors (Lipinski definition) is 2. The highest BCUT2D eigenvalue weighted by atomic mass is 32.2. The molecule has 130 valence electrons. The number of amides is 1. The van der Waals surface area contributed by atoms with Crippen LogP contribution in [0, 0.1) is 5.92 Å². The minimum absolute atomic E-state index is 0.0508. The first kappa shape index (κ1) is 19.4. The largest absolute Gasteiger partial charge is 0.405 e. The van der Waals surface area contributed by atoms with Gasteiger partial charge >= 0.3 is 6.18 Å². The standard InChI is InChI=1S/C14H19F3N2O3S/c1-9(2)10(3)19-23(21,22)12-6-4-11(5-7-12)13(20)18-8-14(15,16)17/h4-7,9-10,19H,8H2,1-3H3,(H,18,20)/t10-/m0/s1. The van der Waals surface area contributed by atoms with Crippen molar-refractivity contribution in [3.8, 4) is 0 Å². The molecule has 1 amide bonds. The average Bonchev–Trinajstić information content (AvgIpc) is 2.43. The molecule has 0 aliphatic rings. The Morgan fingerprint density at radius 2 is 1.65 bits per heavy atom. The number of halogens is 3. The molecule has 1 atom stereocenters. The number of rotatable bonds is 6. The second-order valence-corrected chi connectivity index (χ2v) is 7.19. The van der Waals surface area contributed by atoms with Crippen LogP contribution in [0.5, 0.6) is 0 Å². The summed E-state index contributed by atoms with van der Waals surface area (Å²) in [6.07, 6.45) is -4.50. The van der Waals surface area contributed by atoms with Crippen molar-refractivity contribution in [3.63, 3.8) is 0 Å². The average molecular weight is 352 g/mol. The molecular weight excluding hydrogens is 333 g/mol. The predicted octanol–water partition coefficient (Wildman–Crippen LogP) is 2.30. The van der Waals surface area contributed by atoms with Gasteiger partial charge in [0, 0.05) is 11.6 Å². The van der Waals surface area contributed by atoms with Gasteiger partial charge in [0.15, 0.2) is 0 Å². The molecule has 0 saturated heterocycles. The Balaban J connectivity index is 2.82. The molecule has 0 bridgehead atoms. The van der Waals surface area contributed by atoms with E-state index in [2.05, 4.69) is 4.72 Å². The monoisotopic (exact) mass is 352 g/mol. The van der Waals surface area contributed by atoms with Crippen LogP contribution in [0.1, 0.15) is 31.1 Å². The van der Waals surface area contributed by atoms with Crippen LogP contribution in [-0.4, -0.2) is 33.1 Å². The Morgan fingerprint density at radius 3 is 2.09 bits per heavy atom. The number of hydrogen-bond acceptors (Lipinski definition) is 3. The third kappa shape index (κ3) is 6.19. The summed E-state index contributed by atoms with van der Waals surface area (Å²) >= 11 is 0. The minimum Gasteiger partial charge on any atom is -0.343 e. The quantitative estimate of drug-likeness (QED) is 0.825. The van der Waals surface area contributed by atoms with Crippen LogP contribution >= 0.6 is 0 Å². The lowest BCUT2D eigenvalue weighted by molar-refractivity contribution is -0.123. The highest BCUT2D eigenvalue weighted by Gasteiger charge is 2.28. The molecule has 1 aromatic rings. The van der Waals surface area contributed by atoms with Crippen LogP contribution < -0.4 is 10.0 Å². The number of nitrogens with one attached hydrogen (secondary N) is 2. The number of carbonyl (C=O) groups excluding carboxylic acids is 1. The zero-order valence-corrected chi connectivity index (χ0v) is 13.8. The van der Waals surface area contributed by atoms with E-state index in [1.54, 1.807) is 12.2 Å². The Labute approximate surface area is 133 Å². The van der Waals surface area contributed by atoms with Crippen molar-refractivity contribution in [2.45, 2.75) is 37.9 Å². The molecule has 9 heteroatoms. The number of carbonyl (C=O) groups is 1. The first-order valence-corrected chi connectivity index (χ1v) is 8.38. The van der Waals surface area contributed by atoms with E-state index in [-0.39, 0.29) is 22.4 Å². The summed E-state index contributed by atoms with van der Waals surface area (Å²) in [6, 6.07) is 4.41. The smallest absolute Gasteiger partial charge is 0.343 e. The molecular formula is C14H19F3N2O3S. The summed E-state index contributed by atoms with van der Waals surface area (Å²) in [5, 5.41) is 1.72. The molecule has 0 heterocycles. The van der Waals surface area contributed by atoms with E-state index in [0.29, 0.717) is 0 Å². The van der Waals surface area contributed by atoms with Gasteiger partial charge in [-0.15, -0.1) is 0 Å². The van der Waals surface area contributed by atoms with Gasteiger partial charge in [-0.25, -0.2) is 13.1 Å². The summed E-state index contributed by atoms with van der Waals surface area (Å²) in [6.45, 7) is 4.00. The van der Waals surface area contributed by atoms with Gasteiger partial charge in [0.25, 0.3) is 5.91 Å². The molecule has 23 heavy (non-hydrogen) atoms. The van der Waals surface area contributed by atoms with Crippen molar-refractivity contribution < 1.29 is 26.4 Å². The van der Waals surface area contributed by atoms with Crippen LogP contribution in [0.3, 0.4) is 0 Å². The fraction of sp³-hybridized carbons (Fsp3) is 0.500. The molecule has 0 radical (unpaired) electrons. The summed E-state index contributed by atoms with van der Waals surface area (Å²) in [5.41, 5.74) is -0.0508. The maximum absolute atomic E-state index is 12.1. The first-order valence-electron chi connectivity index (χ1n) is 6.90. The summed E-state index contributed by atoms with van der Waals surface area (Å²) in [4.78, 5) is 11.5. The topological polar surface area (TPSA) is 75.3 Å². The van der Waals surface area contributed by atoms with Gasteiger partial charge in [0.05, 0.1) is 4.90 Å². The normalized spacial score (nSPS) is 13.9. The molecule has 2 N–H and O–H groups in total. The fourth-order valence-corrected chi connectivity index (χ4v) is 2.91. The molecule has 5 nitrogen and oxygen atoms in total. The van der Waals surface area contributed by atoms with Crippen LogP contribution in [0.4, 0.5) is 13.2 Å². The lowest BCUT2D eigenvalue weighted by Crippen LogP contribution is -2.36. The summed E-state index contributed by atoms with van der Waals surface area (Å²) in [5.74, 6) is -0.827. The molecule has 0 fully saturated rings. The van der Waals surface area contributed by atoms with E-state index in [1.807, 2.05) is 13.8 Å². The van der Waals surface area contributed by atoms with Gasteiger partial charge in [-0.05, 0) is 37.1 Å². The third-order valence-electron chi connectivity index (χ3n) is 3.22. The van der Waals surface area contributed by atoms with Crippen molar-refractivity contribution in [1.82, 2.24) is 10.0 Å². The van der Waals surface area contributed by atoms with Crippen LogP contribution in [0.15, 0.2) is 29.2 Å². The molecule has 0 aromatic heterocycles. The lowest BCUT2D eigenvalue weighted by atomic mass is 10.1. The maximum atomic E-state index is 12.1. The van der Waals surface area contributed by atoms with Crippen LogP contribution in [0.2, 0.25) is 0 Å². The molecule has 0 aliphatic carbocycles. The Bertz CT molecular complexity index is 640. The highest BCUT2D eigenvalue weighted by Crippen LogP contribution is 2.15. The molecule has 0 unspecified atom stereocenters. The van der Waals surface area contributed by atoms with Gasteiger partial charge in [0.1, 0.15) is 6.54 Å². The second kappa shape index (κ2) is 7.31. The zero-order valence-electron chi connectivity index (χ0n) is 12.9. The third-order valence-corrected chi connectivity index (χ3v) is 4.79. The van der Waals surface area contributed by atoms with E-state index >= 15 is 0 Å². The van der Waals surface area contributed by atoms with E-state index in [4.69, 9.17) is 0 Å². The molecule has 0 aliphatic heterocycles. The fourth-order valence-electron chi connectivity index (χ4n) is 1.52. The van der Waals surface area contributed by atoms with Crippen molar-refractivity contribution in [2.75, 3.05) is 6.54 Å². The Kier molecular flexibility index (Phi) is 6.18. The number of benzene rings is 1. The van der Waals surface area contributed by atoms with E-state index in [0.717, 1.165) is 0 Å². The van der Waals surface area contributed by atoms with E-state index in [9.17, 15) is 26.4 Å². The van der Waals surface area contributed by atoms with Gasteiger partial charge in [0.2, 0.25) is 10.0 Å². The van der Waals surface area contributed by atoms with E-state index < -0.39 is 28.7 Å². The molecule has 1 rings (SSSR count). The van der Waals surface area contributed by atoms with Crippen molar-refractivity contribution in [3.05, 3.63) is 29.8 Å². The van der Waals surface area contributed by atoms with Crippen LogP contribution in [-0.2, 0) is 10.0 Å². The maximum Gasteiger partial charge on any atom is 0.405 e. The first-order chi connectivity index (χ1) is 10.4. The van der Waals surface area contributed by atoms with Gasteiger partial charge in [-0.2, -0.15) is 13.2 Å². The molecule has 0 spiro atoms. The second-order valence-electron chi connectivity index (χ2n) is 5.48. The van der Waals surface area contributed by atoms with Crippen molar-refractivity contribution in [1.29, 1.82) is 0 Å². The lowest BCUT2D eigenvalue weighted by Gasteiger charge is -2.17. The Hall–Kier alpha value is -1.61. The van der Waals surface area contributed by atoms with Gasteiger partial charge in [-0.3, -0.25) is 4.79 Å². The highest BCUT2D eigenvalue weighted by molar-refractivity contribution is 7.89. The molecule has 1 aromatic carbocycles. The van der Waals surface area contributed by atoms with Crippen molar-refractivity contribution >= 4 is 15.9 Å². The minimum atomic E-state index is -4.50.